The zero-order valence-corrected chi connectivity index (χ0v) is 9.39. The fourth-order valence-corrected chi connectivity index (χ4v) is 2.56. The zero-order chi connectivity index (χ0) is 10.8. The molecular formula is C15H16N+. The SMILES string of the molecule is c1cc[n+](-c2cccc3c2CCCC3)cc1. The first-order valence-electron chi connectivity index (χ1n) is 6.02. The predicted octanol–water partition coefficient (Wildman–Crippen LogP) is 2.84. The summed E-state index contributed by atoms with van der Waals surface area (Å²) in [7, 11) is 0. The zero-order valence-electron chi connectivity index (χ0n) is 9.39. The second-order valence-electron chi connectivity index (χ2n) is 4.40. The van der Waals surface area contributed by atoms with Crippen molar-refractivity contribution in [3.05, 3.63) is 59.9 Å². The molecule has 0 fully saturated rings. The van der Waals surface area contributed by atoms with Gasteiger partial charge in [0.25, 0.3) is 0 Å². The molecule has 3 rings (SSSR count). The summed E-state index contributed by atoms with van der Waals surface area (Å²) in [5.41, 5.74) is 4.45. The second-order valence-corrected chi connectivity index (χ2v) is 4.40. The van der Waals surface area contributed by atoms with Gasteiger partial charge in [0.15, 0.2) is 12.4 Å². The molecule has 0 spiro atoms. The van der Waals surface area contributed by atoms with Crippen LogP contribution in [0.5, 0.6) is 0 Å². The maximum Gasteiger partial charge on any atom is 0.214 e. The third kappa shape index (κ3) is 1.63. The number of pyridine rings is 1. The van der Waals surface area contributed by atoms with Crippen molar-refractivity contribution in [1.82, 2.24) is 0 Å². The first kappa shape index (κ1) is 9.59. The molecule has 1 heteroatoms. The van der Waals surface area contributed by atoms with Crippen LogP contribution in [0.2, 0.25) is 0 Å². The standard InChI is InChI=1S/C15H16N/c1-4-11-16(12-5-1)15-10-6-8-13-7-2-3-9-14(13)15/h1,4-6,8,10-12H,2-3,7,9H2/q+1. The van der Waals surface area contributed by atoms with E-state index < -0.39 is 0 Å². The van der Waals surface area contributed by atoms with E-state index in [4.69, 9.17) is 0 Å². The van der Waals surface area contributed by atoms with Crippen LogP contribution < -0.4 is 4.57 Å². The smallest absolute Gasteiger partial charge is 0.167 e. The molecule has 0 amide bonds. The van der Waals surface area contributed by atoms with Crippen molar-refractivity contribution in [1.29, 1.82) is 0 Å². The molecule has 1 nitrogen and oxygen atoms in total. The minimum absolute atomic E-state index is 1.23. The van der Waals surface area contributed by atoms with E-state index in [2.05, 4.69) is 53.4 Å². The lowest BCUT2D eigenvalue weighted by Gasteiger charge is -2.15. The molecule has 0 saturated carbocycles. The summed E-state index contributed by atoms with van der Waals surface area (Å²) in [5.74, 6) is 0. The molecule has 2 aromatic rings. The van der Waals surface area contributed by atoms with E-state index in [1.54, 1.807) is 11.1 Å². The lowest BCUT2D eigenvalue weighted by molar-refractivity contribution is -0.596. The van der Waals surface area contributed by atoms with Gasteiger partial charge in [0.1, 0.15) is 0 Å². The van der Waals surface area contributed by atoms with Crippen molar-refractivity contribution in [2.75, 3.05) is 0 Å². The van der Waals surface area contributed by atoms with Crippen molar-refractivity contribution in [3.8, 4) is 5.69 Å². The van der Waals surface area contributed by atoms with Crippen molar-refractivity contribution in [3.63, 3.8) is 0 Å². The van der Waals surface area contributed by atoms with E-state index in [9.17, 15) is 0 Å². The van der Waals surface area contributed by atoms with Gasteiger partial charge in [-0.3, -0.25) is 0 Å². The van der Waals surface area contributed by atoms with Crippen LogP contribution in [0.3, 0.4) is 0 Å². The highest BCUT2D eigenvalue weighted by Crippen LogP contribution is 2.24. The summed E-state index contributed by atoms with van der Waals surface area (Å²) in [6, 6.07) is 12.9. The van der Waals surface area contributed by atoms with Gasteiger partial charge in [0.2, 0.25) is 5.69 Å². The largest absolute Gasteiger partial charge is 0.214 e. The molecule has 1 aromatic carbocycles. The molecule has 16 heavy (non-hydrogen) atoms. The van der Waals surface area contributed by atoms with Gasteiger partial charge in [-0.15, -0.1) is 0 Å². The Morgan fingerprint density at radius 2 is 1.62 bits per heavy atom. The molecule has 0 aliphatic heterocycles. The normalized spacial score (nSPS) is 14.5. The van der Waals surface area contributed by atoms with Crippen LogP contribution in [-0.2, 0) is 12.8 Å². The molecule has 0 radical (unpaired) electrons. The number of nitrogens with zero attached hydrogens (tertiary/aromatic N) is 1. The number of fused-ring (bicyclic) bond motifs is 1. The number of hydrogen-bond donors (Lipinski definition) is 0. The van der Waals surface area contributed by atoms with Crippen molar-refractivity contribution in [2.45, 2.75) is 25.7 Å². The monoisotopic (exact) mass is 210 g/mol. The fourth-order valence-electron chi connectivity index (χ4n) is 2.56. The van der Waals surface area contributed by atoms with E-state index >= 15 is 0 Å². The number of hydrogen-bond acceptors (Lipinski definition) is 0. The van der Waals surface area contributed by atoms with Gasteiger partial charge in [-0.25, -0.2) is 0 Å². The van der Waals surface area contributed by atoms with Crippen LogP contribution in [0.1, 0.15) is 24.0 Å². The summed E-state index contributed by atoms with van der Waals surface area (Å²) in [5, 5.41) is 0. The molecule has 1 heterocycles. The van der Waals surface area contributed by atoms with Crippen LogP contribution in [0.15, 0.2) is 48.8 Å². The lowest BCUT2D eigenvalue weighted by Crippen LogP contribution is -2.31. The second kappa shape index (κ2) is 4.09. The highest BCUT2D eigenvalue weighted by Gasteiger charge is 2.18. The highest BCUT2D eigenvalue weighted by molar-refractivity contribution is 5.41. The molecule has 1 aromatic heterocycles. The quantitative estimate of drug-likeness (QED) is 0.637. The first-order valence-corrected chi connectivity index (χ1v) is 6.02. The summed E-state index contributed by atoms with van der Waals surface area (Å²) < 4.78 is 2.23. The number of aromatic nitrogens is 1. The van der Waals surface area contributed by atoms with Crippen molar-refractivity contribution in [2.24, 2.45) is 0 Å². The molecule has 0 unspecified atom stereocenters. The first-order chi connectivity index (χ1) is 7.95. The minimum Gasteiger partial charge on any atom is -0.167 e. The Bertz CT molecular complexity index is 488. The molecule has 0 saturated heterocycles. The average molecular weight is 210 g/mol. The molecular weight excluding hydrogens is 194 g/mol. The molecule has 0 N–H and O–H groups in total. The predicted molar refractivity (Wildman–Crippen MR) is 64.6 cm³/mol. The maximum absolute atomic E-state index is 2.28. The highest BCUT2D eigenvalue weighted by atomic mass is 14.9. The van der Waals surface area contributed by atoms with Gasteiger partial charge in [0, 0.05) is 23.8 Å². The Morgan fingerprint density at radius 3 is 2.50 bits per heavy atom. The lowest BCUT2D eigenvalue weighted by atomic mass is 9.90. The van der Waals surface area contributed by atoms with Gasteiger partial charge >= 0.3 is 0 Å². The van der Waals surface area contributed by atoms with Crippen LogP contribution in [0.25, 0.3) is 5.69 Å². The van der Waals surface area contributed by atoms with E-state index in [1.807, 2.05) is 0 Å². The van der Waals surface area contributed by atoms with Gasteiger partial charge in [-0.2, -0.15) is 4.57 Å². The molecule has 80 valence electrons. The van der Waals surface area contributed by atoms with Crippen molar-refractivity contribution >= 4 is 0 Å². The van der Waals surface area contributed by atoms with Gasteiger partial charge in [-0.1, -0.05) is 18.2 Å². The van der Waals surface area contributed by atoms with Crippen LogP contribution >= 0.6 is 0 Å². The third-order valence-electron chi connectivity index (χ3n) is 3.36. The number of benzene rings is 1. The Kier molecular flexibility index (Phi) is 2.45. The van der Waals surface area contributed by atoms with Crippen LogP contribution in [0.4, 0.5) is 0 Å². The van der Waals surface area contributed by atoms with E-state index in [-0.39, 0.29) is 0 Å². The summed E-state index contributed by atoms with van der Waals surface area (Å²) in [6.07, 6.45) is 9.41. The molecule has 0 atom stereocenters. The average Bonchev–Trinajstić information content (AvgIpc) is 2.39. The Morgan fingerprint density at radius 1 is 0.812 bits per heavy atom. The fraction of sp³-hybridized carbons (Fsp3) is 0.267. The summed E-state index contributed by atoms with van der Waals surface area (Å²) in [6.45, 7) is 0. The van der Waals surface area contributed by atoms with Crippen LogP contribution in [-0.4, -0.2) is 0 Å². The Labute approximate surface area is 96.4 Å². The molecule has 1 aliphatic rings. The Balaban J connectivity index is 2.14. The van der Waals surface area contributed by atoms with E-state index in [1.165, 1.54) is 31.4 Å². The number of rotatable bonds is 1. The third-order valence-corrected chi connectivity index (χ3v) is 3.36. The topological polar surface area (TPSA) is 3.88 Å². The van der Waals surface area contributed by atoms with Gasteiger partial charge < -0.3 is 0 Å². The summed E-state index contributed by atoms with van der Waals surface area (Å²) >= 11 is 0. The van der Waals surface area contributed by atoms with E-state index in [0.717, 1.165) is 0 Å². The summed E-state index contributed by atoms with van der Waals surface area (Å²) in [4.78, 5) is 0. The van der Waals surface area contributed by atoms with Crippen molar-refractivity contribution < 1.29 is 4.57 Å². The maximum atomic E-state index is 2.28. The van der Waals surface area contributed by atoms with E-state index in [0.29, 0.717) is 0 Å². The Hall–Kier alpha value is -1.63. The molecule has 1 aliphatic carbocycles. The number of aryl methyl sites for hydroxylation is 1. The van der Waals surface area contributed by atoms with Gasteiger partial charge in [-0.05, 0) is 31.2 Å². The minimum atomic E-state index is 1.23. The molecule has 0 bridgehead atoms. The van der Waals surface area contributed by atoms with Crippen LogP contribution in [0, 0.1) is 0 Å². The van der Waals surface area contributed by atoms with Gasteiger partial charge in [0.05, 0.1) is 0 Å².